The zero-order valence-electron chi connectivity index (χ0n) is 21.9. The van der Waals surface area contributed by atoms with Crippen LogP contribution in [-0.2, 0) is 11.0 Å². The third kappa shape index (κ3) is 6.88. The van der Waals surface area contributed by atoms with Gasteiger partial charge in [-0.1, -0.05) is 6.07 Å². The molecule has 3 heterocycles. The van der Waals surface area contributed by atoms with E-state index in [4.69, 9.17) is 9.47 Å². The van der Waals surface area contributed by atoms with Gasteiger partial charge >= 0.3 is 12.2 Å². The van der Waals surface area contributed by atoms with Gasteiger partial charge in [-0.2, -0.15) is 23.1 Å². The monoisotopic (exact) mass is 550 g/mol. The Morgan fingerprint density at radius 2 is 1.97 bits per heavy atom. The van der Waals surface area contributed by atoms with Crippen LogP contribution < -0.4 is 30.3 Å². The number of ether oxygens (including phenoxy) is 2. The summed E-state index contributed by atoms with van der Waals surface area (Å²) in [5.74, 6) is 0.167. The van der Waals surface area contributed by atoms with Gasteiger partial charge in [-0.25, -0.2) is 0 Å². The van der Waals surface area contributed by atoms with Crippen LogP contribution in [0, 0.1) is 5.92 Å². The highest BCUT2D eigenvalue weighted by Crippen LogP contribution is 2.34. The molecule has 0 saturated carbocycles. The van der Waals surface area contributed by atoms with Gasteiger partial charge in [0.2, 0.25) is 11.8 Å². The van der Waals surface area contributed by atoms with Crippen molar-refractivity contribution in [2.45, 2.75) is 37.4 Å². The van der Waals surface area contributed by atoms with E-state index in [2.05, 4.69) is 30.8 Å². The lowest BCUT2D eigenvalue weighted by Crippen LogP contribution is -2.57. The number of hydrogen-bond acceptors (Lipinski definition) is 8. The molecule has 2 saturated heterocycles. The zero-order valence-corrected chi connectivity index (χ0v) is 21.9. The minimum atomic E-state index is -4.56. The summed E-state index contributed by atoms with van der Waals surface area (Å²) in [6, 6.07) is 6.11. The zero-order chi connectivity index (χ0) is 28.0. The van der Waals surface area contributed by atoms with Crippen LogP contribution in [0.2, 0.25) is 0 Å². The lowest BCUT2D eigenvalue weighted by atomic mass is 9.78. The van der Waals surface area contributed by atoms with E-state index in [1.54, 1.807) is 6.07 Å². The van der Waals surface area contributed by atoms with Crippen LogP contribution in [0.25, 0.3) is 0 Å². The van der Waals surface area contributed by atoms with Gasteiger partial charge in [-0.05, 0) is 56.3 Å². The van der Waals surface area contributed by atoms with Crippen molar-refractivity contribution in [1.82, 2.24) is 25.9 Å². The molecule has 2 aromatic rings. The summed E-state index contributed by atoms with van der Waals surface area (Å²) in [6.45, 7) is 2.48. The molecular formula is C26H33F3N6O4. The molecule has 13 heteroatoms. The highest BCUT2D eigenvalue weighted by atomic mass is 19.4. The SMILES string of the molecule is COc1cc(N2CCCC([C@]3(NC(=O)CNC(=O)c4cccc(C(F)(F)F)c4)CCNC3)CC2)nc(OC)n1. The van der Waals surface area contributed by atoms with Crippen molar-refractivity contribution in [3.05, 3.63) is 41.5 Å². The van der Waals surface area contributed by atoms with E-state index < -0.39 is 23.2 Å². The summed E-state index contributed by atoms with van der Waals surface area (Å²) in [5.41, 5.74) is -1.57. The third-order valence-corrected chi connectivity index (χ3v) is 7.33. The molecule has 2 amide bonds. The quantitative estimate of drug-likeness (QED) is 0.459. The van der Waals surface area contributed by atoms with Crippen LogP contribution in [0.3, 0.4) is 0 Å². The molecule has 2 aliphatic heterocycles. The standard InChI is InChI=1S/C26H33F3N6O4/c1-38-22-14-20(32-24(33-22)39-2)35-11-4-7-18(8-12-35)25(9-10-30-16-25)34-21(36)15-31-23(37)17-5-3-6-19(13-17)26(27,28)29/h3,5-6,13-14,18,30H,4,7-12,15-16H2,1-2H3,(H,31,37)(H,34,36)/t18?,25-/m0/s1. The van der Waals surface area contributed by atoms with E-state index in [9.17, 15) is 22.8 Å². The van der Waals surface area contributed by atoms with E-state index in [-0.39, 0.29) is 29.9 Å². The molecule has 0 spiro atoms. The van der Waals surface area contributed by atoms with Gasteiger partial charge in [0.25, 0.3) is 5.91 Å². The number of rotatable bonds is 8. The highest BCUT2D eigenvalue weighted by molar-refractivity contribution is 5.96. The minimum Gasteiger partial charge on any atom is -0.481 e. The molecule has 0 bridgehead atoms. The van der Waals surface area contributed by atoms with E-state index in [1.807, 2.05) is 0 Å². The Labute approximate surface area is 224 Å². The Morgan fingerprint density at radius 3 is 2.67 bits per heavy atom. The van der Waals surface area contributed by atoms with Crippen molar-refractivity contribution >= 4 is 17.6 Å². The average Bonchev–Trinajstić information content (AvgIpc) is 3.25. The van der Waals surface area contributed by atoms with Crippen molar-refractivity contribution in [3.63, 3.8) is 0 Å². The Morgan fingerprint density at radius 1 is 1.15 bits per heavy atom. The molecule has 1 unspecified atom stereocenters. The van der Waals surface area contributed by atoms with E-state index in [0.717, 1.165) is 50.9 Å². The second kappa shape index (κ2) is 12.1. The fourth-order valence-corrected chi connectivity index (χ4v) is 5.32. The van der Waals surface area contributed by atoms with E-state index >= 15 is 0 Å². The number of carbonyl (C=O) groups excluding carboxylic acids is 2. The van der Waals surface area contributed by atoms with Gasteiger partial charge < -0.3 is 30.3 Å². The number of alkyl halides is 3. The summed E-state index contributed by atoms with van der Waals surface area (Å²) >= 11 is 0. The lowest BCUT2D eigenvalue weighted by Gasteiger charge is -2.37. The van der Waals surface area contributed by atoms with Crippen LogP contribution in [0.4, 0.5) is 19.0 Å². The molecule has 0 radical (unpaired) electrons. The van der Waals surface area contributed by atoms with Gasteiger partial charge in [0.15, 0.2) is 0 Å². The Hall–Kier alpha value is -3.61. The molecule has 2 atom stereocenters. The molecular weight excluding hydrogens is 517 g/mol. The molecule has 39 heavy (non-hydrogen) atoms. The Balaban J connectivity index is 1.38. The molecule has 1 aromatic heterocycles. The highest BCUT2D eigenvalue weighted by Gasteiger charge is 2.43. The van der Waals surface area contributed by atoms with E-state index in [1.165, 1.54) is 26.4 Å². The Kier molecular flexibility index (Phi) is 8.78. The molecule has 1 aromatic carbocycles. The van der Waals surface area contributed by atoms with Crippen LogP contribution >= 0.6 is 0 Å². The lowest BCUT2D eigenvalue weighted by molar-refractivity contribution is -0.137. The van der Waals surface area contributed by atoms with Crippen LogP contribution in [0.1, 0.15) is 41.6 Å². The molecule has 4 rings (SSSR count). The van der Waals surface area contributed by atoms with Crippen molar-refractivity contribution in [1.29, 1.82) is 0 Å². The van der Waals surface area contributed by atoms with Crippen molar-refractivity contribution in [2.24, 2.45) is 5.92 Å². The van der Waals surface area contributed by atoms with Gasteiger partial charge in [0, 0.05) is 31.3 Å². The topological polar surface area (TPSA) is 118 Å². The van der Waals surface area contributed by atoms with Crippen molar-refractivity contribution < 1.29 is 32.2 Å². The minimum absolute atomic E-state index is 0.156. The predicted molar refractivity (Wildman–Crippen MR) is 137 cm³/mol. The molecule has 3 N–H and O–H groups in total. The number of nitrogens with zero attached hydrogens (tertiary/aromatic N) is 3. The predicted octanol–water partition coefficient (Wildman–Crippen LogP) is 2.40. The number of carbonyl (C=O) groups is 2. The summed E-state index contributed by atoms with van der Waals surface area (Å²) in [6.07, 6.45) is -1.26. The Bertz CT molecular complexity index is 1150. The number of anilines is 1. The molecule has 2 fully saturated rings. The number of benzene rings is 1. The van der Waals surface area contributed by atoms with Gasteiger partial charge in [-0.3, -0.25) is 9.59 Å². The van der Waals surface area contributed by atoms with Crippen LogP contribution in [-0.4, -0.2) is 74.3 Å². The first-order valence-electron chi connectivity index (χ1n) is 12.8. The summed E-state index contributed by atoms with van der Waals surface area (Å²) in [5, 5.41) is 8.94. The third-order valence-electron chi connectivity index (χ3n) is 7.33. The van der Waals surface area contributed by atoms with Crippen molar-refractivity contribution in [3.8, 4) is 11.9 Å². The van der Waals surface area contributed by atoms with Gasteiger partial charge in [0.1, 0.15) is 5.82 Å². The maximum atomic E-state index is 13.0. The normalized spacial score (nSPS) is 21.7. The fourth-order valence-electron chi connectivity index (χ4n) is 5.32. The van der Waals surface area contributed by atoms with Gasteiger partial charge in [-0.15, -0.1) is 0 Å². The second-order valence-electron chi connectivity index (χ2n) is 9.76. The van der Waals surface area contributed by atoms with Gasteiger partial charge in [0.05, 0.1) is 31.9 Å². The summed E-state index contributed by atoms with van der Waals surface area (Å²) < 4.78 is 49.4. The summed E-state index contributed by atoms with van der Waals surface area (Å²) in [7, 11) is 3.03. The molecule has 0 aliphatic carbocycles. The number of methoxy groups -OCH3 is 2. The second-order valence-corrected chi connectivity index (χ2v) is 9.76. The maximum absolute atomic E-state index is 13.0. The maximum Gasteiger partial charge on any atom is 0.416 e. The fraction of sp³-hybridized carbons (Fsp3) is 0.538. The molecule has 2 aliphatic rings. The number of amides is 2. The molecule has 212 valence electrons. The van der Waals surface area contributed by atoms with Crippen LogP contribution in [0.5, 0.6) is 11.9 Å². The average molecular weight is 551 g/mol. The van der Waals surface area contributed by atoms with Crippen LogP contribution in [0.15, 0.2) is 30.3 Å². The first kappa shape index (κ1) is 28.4. The smallest absolute Gasteiger partial charge is 0.416 e. The number of nitrogens with one attached hydrogen (secondary N) is 3. The number of hydrogen-bond donors (Lipinski definition) is 3. The molecule has 10 nitrogen and oxygen atoms in total. The largest absolute Gasteiger partial charge is 0.481 e. The first-order valence-corrected chi connectivity index (χ1v) is 12.8. The number of aromatic nitrogens is 2. The number of halogens is 3. The van der Waals surface area contributed by atoms with E-state index in [0.29, 0.717) is 24.8 Å². The van der Waals surface area contributed by atoms with Crippen molar-refractivity contribution in [2.75, 3.05) is 51.8 Å². The summed E-state index contributed by atoms with van der Waals surface area (Å²) in [4.78, 5) is 36.2. The first-order chi connectivity index (χ1) is 18.6.